The third-order valence-corrected chi connectivity index (χ3v) is 9.33. The van der Waals surface area contributed by atoms with Crippen LogP contribution in [0.3, 0.4) is 0 Å². The average molecular weight is 631 g/mol. The summed E-state index contributed by atoms with van der Waals surface area (Å²) in [6, 6.07) is 51.4. The molecule has 1 heterocycles. The Kier molecular flexibility index (Phi) is 5.82. The van der Waals surface area contributed by atoms with Crippen molar-refractivity contribution >= 4 is 0 Å². The summed E-state index contributed by atoms with van der Waals surface area (Å²) in [5, 5.41) is 0. The summed E-state index contributed by atoms with van der Waals surface area (Å²) in [6.45, 7) is 0. The van der Waals surface area contributed by atoms with Crippen LogP contribution < -0.4 is 0 Å². The molecule has 0 saturated heterocycles. The van der Waals surface area contributed by atoms with Crippen LogP contribution in [0.4, 0.5) is 0 Å². The van der Waals surface area contributed by atoms with Gasteiger partial charge in [0.05, 0.1) is 12.3 Å². The highest BCUT2D eigenvalue weighted by Gasteiger charge is 2.46. The third kappa shape index (κ3) is 4.78. The molecule has 9 rings (SSSR count). The quantitative estimate of drug-likeness (QED) is 0.183. The minimum absolute atomic E-state index is 0.000373. The van der Waals surface area contributed by atoms with Gasteiger partial charge < -0.3 is 0 Å². The summed E-state index contributed by atoms with van der Waals surface area (Å²) in [5.41, 5.74) is 9.23. The SMILES string of the molecule is [2H]c1c([2H])c([2H])c(-c2nc(-c3ccc(-c4ccccc4)cc3)nc(-c3cccc4c3-c3ccccc3C4(c3ccccc3)c3ccccc3)n2)c([2H])c1[2H]. The number of benzene rings is 7. The van der Waals surface area contributed by atoms with Crippen LogP contribution in [0.15, 0.2) is 188 Å². The normalized spacial score (nSPS) is 14.1. The topological polar surface area (TPSA) is 38.7 Å². The maximum absolute atomic E-state index is 8.84. The van der Waals surface area contributed by atoms with E-state index >= 15 is 0 Å². The Hall–Kier alpha value is -6.45. The largest absolute Gasteiger partial charge is 0.208 e. The third-order valence-electron chi connectivity index (χ3n) is 9.33. The minimum atomic E-state index is -0.649. The van der Waals surface area contributed by atoms with E-state index in [1.165, 1.54) is 0 Å². The van der Waals surface area contributed by atoms with Gasteiger partial charge >= 0.3 is 0 Å². The molecular weight excluding hydrogens is 595 g/mol. The van der Waals surface area contributed by atoms with Gasteiger partial charge in [0, 0.05) is 16.7 Å². The van der Waals surface area contributed by atoms with Gasteiger partial charge in [0.25, 0.3) is 0 Å². The highest BCUT2D eigenvalue weighted by molar-refractivity contribution is 5.94. The smallest absolute Gasteiger partial charge is 0.164 e. The molecule has 7 aromatic carbocycles. The fourth-order valence-electron chi connectivity index (χ4n) is 7.22. The van der Waals surface area contributed by atoms with Crippen LogP contribution in [0.25, 0.3) is 56.4 Å². The van der Waals surface area contributed by atoms with Crippen LogP contribution in [0.5, 0.6) is 0 Å². The second kappa shape index (κ2) is 12.0. The molecule has 0 bridgehead atoms. The molecule has 0 aliphatic heterocycles. The first-order valence-corrected chi connectivity index (χ1v) is 16.2. The van der Waals surface area contributed by atoms with E-state index in [1.54, 1.807) is 0 Å². The molecule has 230 valence electrons. The van der Waals surface area contributed by atoms with Crippen molar-refractivity contribution in [1.29, 1.82) is 0 Å². The Labute approximate surface area is 293 Å². The molecule has 0 fully saturated rings. The van der Waals surface area contributed by atoms with Gasteiger partial charge in [-0.15, -0.1) is 0 Å². The zero-order valence-electron chi connectivity index (χ0n) is 31.4. The maximum atomic E-state index is 8.84. The van der Waals surface area contributed by atoms with Crippen molar-refractivity contribution in [3.63, 3.8) is 0 Å². The van der Waals surface area contributed by atoms with Crippen molar-refractivity contribution in [3.05, 3.63) is 210 Å². The second-order valence-corrected chi connectivity index (χ2v) is 12.0. The zero-order valence-corrected chi connectivity index (χ0v) is 26.4. The molecule has 0 radical (unpaired) electrons. The standard InChI is InChI=1S/C46H31N3/c1-5-16-32(17-6-1)33-28-30-35(31-29-33)44-47-43(34-18-7-2-8-19-34)48-45(49-44)39-25-15-27-41-42(39)38-24-13-14-26-40(38)46(41,36-20-9-3-10-21-36)37-22-11-4-12-23-37/h1-31H/i2D,7D,8D,18D,19D. The Morgan fingerprint density at radius 2 is 0.857 bits per heavy atom. The van der Waals surface area contributed by atoms with Gasteiger partial charge in [-0.2, -0.15) is 0 Å². The van der Waals surface area contributed by atoms with Crippen molar-refractivity contribution in [2.75, 3.05) is 0 Å². The summed E-state index contributed by atoms with van der Waals surface area (Å²) in [5.74, 6) is 0.653. The Balaban J connectivity index is 1.33. The summed E-state index contributed by atoms with van der Waals surface area (Å²) in [7, 11) is 0. The summed E-state index contributed by atoms with van der Waals surface area (Å²) >= 11 is 0. The summed E-state index contributed by atoms with van der Waals surface area (Å²) in [4.78, 5) is 14.9. The lowest BCUT2D eigenvalue weighted by atomic mass is 9.67. The number of nitrogens with zero attached hydrogens (tertiary/aromatic N) is 3. The number of rotatable bonds is 6. The lowest BCUT2D eigenvalue weighted by molar-refractivity contribution is 0.768. The fourth-order valence-corrected chi connectivity index (χ4v) is 7.22. The number of hydrogen-bond donors (Lipinski definition) is 0. The molecule has 0 saturated carbocycles. The van der Waals surface area contributed by atoms with Gasteiger partial charge in [-0.3, -0.25) is 0 Å². The predicted octanol–water partition coefficient (Wildman–Crippen LogP) is 10.9. The molecule has 0 atom stereocenters. The van der Waals surface area contributed by atoms with Gasteiger partial charge in [0.2, 0.25) is 0 Å². The van der Waals surface area contributed by atoms with E-state index < -0.39 is 23.5 Å². The molecule has 0 spiro atoms. The molecule has 0 N–H and O–H groups in total. The van der Waals surface area contributed by atoms with Gasteiger partial charge in [0.15, 0.2) is 17.5 Å². The fraction of sp³-hybridized carbons (Fsp3) is 0.0217. The second-order valence-electron chi connectivity index (χ2n) is 12.0. The zero-order chi connectivity index (χ0) is 37.0. The maximum Gasteiger partial charge on any atom is 0.164 e. The van der Waals surface area contributed by atoms with Crippen LogP contribution in [0.1, 0.15) is 29.1 Å². The highest BCUT2D eigenvalue weighted by atomic mass is 15.0. The van der Waals surface area contributed by atoms with Gasteiger partial charge in [0.1, 0.15) is 0 Å². The number of fused-ring (bicyclic) bond motifs is 3. The molecular formula is C46H31N3. The van der Waals surface area contributed by atoms with Crippen LogP contribution >= 0.6 is 0 Å². The molecule has 3 heteroatoms. The predicted molar refractivity (Wildman–Crippen MR) is 199 cm³/mol. The molecule has 1 aromatic heterocycles. The molecule has 1 aliphatic rings. The highest BCUT2D eigenvalue weighted by Crippen LogP contribution is 2.58. The molecule has 49 heavy (non-hydrogen) atoms. The number of aromatic nitrogens is 3. The summed E-state index contributed by atoms with van der Waals surface area (Å²) < 4.78 is 42.8. The molecule has 0 unspecified atom stereocenters. The van der Waals surface area contributed by atoms with E-state index in [2.05, 4.69) is 72.8 Å². The minimum Gasteiger partial charge on any atom is -0.208 e. The average Bonchev–Trinajstić information content (AvgIpc) is 3.54. The van der Waals surface area contributed by atoms with Crippen LogP contribution in [0, 0.1) is 0 Å². The Morgan fingerprint density at radius 3 is 1.53 bits per heavy atom. The Morgan fingerprint density at radius 1 is 0.367 bits per heavy atom. The van der Waals surface area contributed by atoms with E-state index in [9.17, 15) is 0 Å². The first-order chi connectivity index (χ1) is 26.4. The van der Waals surface area contributed by atoms with Crippen molar-refractivity contribution in [2.24, 2.45) is 0 Å². The molecule has 1 aliphatic carbocycles. The molecule has 3 nitrogen and oxygen atoms in total. The summed E-state index contributed by atoms with van der Waals surface area (Å²) in [6.07, 6.45) is 0. The van der Waals surface area contributed by atoms with Crippen molar-refractivity contribution in [1.82, 2.24) is 15.0 Å². The van der Waals surface area contributed by atoms with E-state index in [-0.39, 0.29) is 23.5 Å². The van der Waals surface area contributed by atoms with Crippen LogP contribution in [-0.2, 0) is 5.41 Å². The van der Waals surface area contributed by atoms with E-state index in [1.807, 2.05) is 84.9 Å². The Bertz CT molecular complexity index is 2630. The monoisotopic (exact) mass is 630 g/mol. The van der Waals surface area contributed by atoms with E-state index in [0.29, 0.717) is 17.2 Å². The van der Waals surface area contributed by atoms with Gasteiger partial charge in [-0.05, 0) is 44.5 Å². The van der Waals surface area contributed by atoms with Crippen molar-refractivity contribution < 1.29 is 6.85 Å². The molecule has 0 amide bonds. The van der Waals surface area contributed by atoms with E-state index in [0.717, 1.165) is 50.1 Å². The van der Waals surface area contributed by atoms with Crippen molar-refractivity contribution in [2.45, 2.75) is 5.41 Å². The lowest BCUT2D eigenvalue weighted by Crippen LogP contribution is -2.28. The lowest BCUT2D eigenvalue weighted by Gasteiger charge is -2.33. The van der Waals surface area contributed by atoms with Gasteiger partial charge in [-0.1, -0.05) is 188 Å². The van der Waals surface area contributed by atoms with Crippen LogP contribution in [0.2, 0.25) is 0 Å². The molecule has 8 aromatic rings. The number of hydrogen-bond acceptors (Lipinski definition) is 3. The first-order valence-electron chi connectivity index (χ1n) is 18.7. The van der Waals surface area contributed by atoms with Crippen LogP contribution in [-0.4, -0.2) is 15.0 Å². The van der Waals surface area contributed by atoms with Crippen molar-refractivity contribution in [3.8, 4) is 56.4 Å². The van der Waals surface area contributed by atoms with Gasteiger partial charge in [-0.25, -0.2) is 15.0 Å². The first kappa shape index (κ1) is 23.8. The van der Waals surface area contributed by atoms with E-state index in [4.69, 9.17) is 21.8 Å².